The Hall–Kier alpha value is -3.91. The second-order valence-electron chi connectivity index (χ2n) is 7.11. The summed E-state index contributed by atoms with van der Waals surface area (Å²) < 4.78 is 5.02. The van der Waals surface area contributed by atoms with Gasteiger partial charge in [0.25, 0.3) is 0 Å². The Bertz CT molecular complexity index is 995. The SMILES string of the molecule is COc1cc(/C=C/C(=O)C(C(=O)/C=C/c2ccc(O)c(CO)c2)C(=O)N(C)C)ccc1O. The van der Waals surface area contributed by atoms with Crippen LogP contribution >= 0.6 is 0 Å². The summed E-state index contributed by atoms with van der Waals surface area (Å²) in [5, 5.41) is 28.5. The van der Waals surface area contributed by atoms with Gasteiger partial charge in [-0.25, -0.2) is 0 Å². The van der Waals surface area contributed by atoms with Crippen LogP contribution < -0.4 is 4.74 Å². The minimum Gasteiger partial charge on any atom is -0.508 e. The summed E-state index contributed by atoms with van der Waals surface area (Å²) in [6, 6.07) is 8.85. The number of rotatable bonds is 9. The third-order valence-corrected chi connectivity index (χ3v) is 4.61. The van der Waals surface area contributed by atoms with Crippen LogP contribution in [0.2, 0.25) is 0 Å². The first-order chi connectivity index (χ1) is 15.2. The van der Waals surface area contributed by atoms with Crippen molar-refractivity contribution in [2.45, 2.75) is 6.61 Å². The molecule has 1 atom stereocenters. The van der Waals surface area contributed by atoms with Crippen LogP contribution in [0.5, 0.6) is 17.2 Å². The first kappa shape index (κ1) is 24.4. The van der Waals surface area contributed by atoms with E-state index in [0.29, 0.717) is 11.1 Å². The average molecular weight is 439 g/mol. The Labute approximate surface area is 185 Å². The predicted octanol–water partition coefficient (Wildman–Crippen LogP) is 2.17. The topological polar surface area (TPSA) is 124 Å². The maximum Gasteiger partial charge on any atom is 0.240 e. The summed E-state index contributed by atoms with van der Waals surface area (Å²) in [5.41, 5.74) is 1.33. The molecule has 3 N–H and O–H groups in total. The molecule has 0 saturated heterocycles. The molecular formula is C24H25NO7. The number of phenols is 2. The van der Waals surface area contributed by atoms with Gasteiger partial charge < -0.3 is 25.0 Å². The number of phenolic OH excluding ortho intramolecular Hbond substituents is 1. The first-order valence-electron chi connectivity index (χ1n) is 9.62. The van der Waals surface area contributed by atoms with Gasteiger partial charge in [-0.05, 0) is 47.5 Å². The first-order valence-corrected chi connectivity index (χ1v) is 9.62. The molecule has 0 spiro atoms. The number of ether oxygens (including phenoxy) is 1. The standard InChI is InChI=1S/C24H25NO7/c1-25(2)24(31)23(20(29)10-6-15-4-8-18(27)17(12-15)14-26)21(30)11-7-16-5-9-19(28)22(13-16)32-3/h4-13,23,26-28H,14H2,1-3H3/b10-6+,11-7+. The highest BCUT2D eigenvalue weighted by molar-refractivity contribution is 6.25. The smallest absolute Gasteiger partial charge is 0.240 e. The molecule has 2 aromatic carbocycles. The van der Waals surface area contributed by atoms with Crippen molar-refractivity contribution in [2.24, 2.45) is 5.92 Å². The monoisotopic (exact) mass is 439 g/mol. The van der Waals surface area contributed by atoms with Gasteiger partial charge in [0.1, 0.15) is 5.75 Å². The fraction of sp³-hybridized carbons (Fsp3) is 0.208. The van der Waals surface area contributed by atoms with Crippen LogP contribution in [0.1, 0.15) is 16.7 Å². The van der Waals surface area contributed by atoms with E-state index >= 15 is 0 Å². The molecule has 0 aliphatic heterocycles. The Balaban J connectivity index is 2.27. The summed E-state index contributed by atoms with van der Waals surface area (Å²) in [4.78, 5) is 39.2. The fourth-order valence-corrected chi connectivity index (χ4v) is 2.82. The third-order valence-electron chi connectivity index (χ3n) is 4.61. The highest BCUT2D eigenvalue weighted by Crippen LogP contribution is 2.27. The van der Waals surface area contributed by atoms with Crippen molar-refractivity contribution in [2.75, 3.05) is 21.2 Å². The maximum atomic E-state index is 12.7. The number of methoxy groups -OCH3 is 1. The second-order valence-corrected chi connectivity index (χ2v) is 7.11. The van der Waals surface area contributed by atoms with E-state index in [2.05, 4.69) is 0 Å². The number of benzene rings is 2. The van der Waals surface area contributed by atoms with Crippen molar-refractivity contribution in [3.05, 3.63) is 65.2 Å². The van der Waals surface area contributed by atoms with Crippen molar-refractivity contribution in [1.82, 2.24) is 4.90 Å². The van der Waals surface area contributed by atoms with E-state index in [1.54, 1.807) is 6.07 Å². The number of allylic oxidation sites excluding steroid dienone is 2. The number of hydrogen-bond donors (Lipinski definition) is 3. The summed E-state index contributed by atoms with van der Waals surface area (Å²) in [6.07, 6.45) is 5.08. The highest BCUT2D eigenvalue weighted by atomic mass is 16.5. The van der Waals surface area contributed by atoms with Crippen LogP contribution in [-0.2, 0) is 21.0 Å². The van der Waals surface area contributed by atoms with E-state index in [4.69, 9.17) is 4.74 Å². The number of aromatic hydroxyl groups is 2. The lowest BCUT2D eigenvalue weighted by atomic mass is 9.95. The van der Waals surface area contributed by atoms with Crippen molar-refractivity contribution >= 4 is 29.6 Å². The lowest BCUT2D eigenvalue weighted by Crippen LogP contribution is -2.38. The zero-order chi connectivity index (χ0) is 23.8. The Morgan fingerprint density at radius 3 is 1.97 bits per heavy atom. The molecule has 0 radical (unpaired) electrons. The van der Waals surface area contributed by atoms with Crippen molar-refractivity contribution in [3.63, 3.8) is 0 Å². The number of amides is 1. The second kappa shape index (κ2) is 10.9. The Morgan fingerprint density at radius 2 is 1.47 bits per heavy atom. The molecule has 2 aromatic rings. The van der Waals surface area contributed by atoms with E-state index in [1.807, 2.05) is 0 Å². The molecule has 0 aromatic heterocycles. The van der Waals surface area contributed by atoms with Crippen LogP contribution in [-0.4, -0.2) is 58.9 Å². The van der Waals surface area contributed by atoms with Gasteiger partial charge in [-0.3, -0.25) is 14.4 Å². The zero-order valence-corrected chi connectivity index (χ0v) is 18.0. The summed E-state index contributed by atoms with van der Waals surface area (Å²) in [7, 11) is 4.28. The van der Waals surface area contributed by atoms with Crippen LogP contribution in [0.15, 0.2) is 48.6 Å². The number of nitrogens with zero attached hydrogens (tertiary/aromatic N) is 1. The molecule has 0 bridgehead atoms. The molecule has 0 heterocycles. The number of aliphatic hydroxyl groups excluding tert-OH is 1. The van der Waals surface area contributed by atoms with Gasteiger partial charge in [0.05, 0.1) is 13.7 Å². The number of carbonyl (C=O) groups is 3. The molecule has 0 fully saturated rings. The lowest BCUT2D eigenvalue weighted by Gasteiger charge is -2.16. The van der Waals surface area contributed by atoms with Gasteiger partial charge in [0.2, 0.25) is 5.91 Å². The Morgan fingerprint density at radius 1 is 0.938 bits per heavy atom. The molecule has 8 heteroatoms. The summed E-state index contributed by atoms with van der Waals surface area (Å²) >= 11 is 0. The molecule has 0 aliphatic rings. The molecule has 32 heavy (non-hydrogen) atoms. The fourth-order valence-electron chi connectivity index (χ4n) is 2.82. The predicted molar refractivity (Wildman–Crippen MR) is 119 cm³/mol. The average Bonchev–Trinajstić information content (AvgIpc) is 2.77. The van der Waals surface area contributed by atoms with Gasteiger partial charge in [-0.15, -0.1) is 0 Å². The normalized spacial score (nSPS) is 12.1. The van der Waals surface area contributed by atoms with Crippen LogP contribution in [0.25, 0.3) is 12.2 Å². The molecule has 0 saturated carbocycles. The summed E-state index contributed by atoms with van der Waals surface area (Å²) in [6.45, 7) is -0.380. The van der Waals surface area contributed by atoms with Crippen molar-refractivity contribution < 1.29 is 34.4 Å². The van der Waals surface area contributed by atoms with Gasteiger partial charge in [0, 0.05) is 19.7 Å². The molecule has 8 nitrogen and oxygen atoms in total. The van der Waals surface area contributed by atoms with E-state index < -0.39 is 23.4 Å². The molecule has 1 amide bonds. The van der Waals surface area contributed by atoms with Crippen molar-refractivity contribution in [3.8, 4) is 17.2 Å². The van der Waals surface area contributed by atoms with Gasteiger partial charge >= 0.3 is 0 Å². The minimum atomic E-state index is -1.56. The third kappa shape index (κ3) is 6.05. The zero-order valence-electron chi connectivity index (χ0n) is 18.0. The van der Waals surface area contributed by atoms with Crippen LogP contribution in [0, 0.1) is 5.92 Å². The van der Waals surface area contributed by atoms with Gasteiger partial charge in [-0.1, -0.05) is 24.3 Å². The molecule has 0 aliphatic carbocycles. The molecule has 1 unspecified atom stereocenters. The molecule has 2 rings (SSSR count). The maximum absolute atomic E-state index is 12.7. The number of ketones is 2. The van der Waals surface area contributed by atoms with Crippen LogP contribution in [0.4, 0.5) is 0 Å². The van der Waals surface area contributed by atoms with E-state index in [9.17, 15) is 29.7 Å². The van der Waals surface area contributed by atoms with Crippen LogP contribution in [0.3, 0.4) is 0 Å². The van der Waals surface area contributed by atoms with E-state index in [-0.39, 0.29) is 29.4 Å². The highest BCUT2D eigenvalue weighted by Gasteiger charge is 2.32. The van der Waals surface area contributed by atoms with E-state index in [0.717, 1.165) is 17.1 Å². The minimum absolute atomic E-state index is 0.0597. The van der Waals surface area contributed by atoms with Crippen molar-refractivity contribution in [1.29, 1.82) is 0 Å². The molecule has 168 valence electrons. The lowest BCUT2D eigenvalue weighted by molar-refractivity contribution is -0.142. The number of aliphatic hydroxyl groups is 1. The number of carbonyl (C=O) groups excluding carboxylic acids is 3. The largest absolute Gasteiger partial charge is 0.508 e. The van der Waals surface area contributed by atoms with E-state index in [1.165, 1.54) is 63.7 Å². The van der Waals surface area contributed by atoms with Gasteiger partial charge in [0.15, 0.2) is 29.0 Å². The Kier molecular flexibility index (Phi) is 8.31. The quantitative estimate of drug-likeness (QED) is 0.404. The molecular weight excluding hydrogens is 414 g/mol. The summed E-state index contributed by atoms with van der Waals surface area (Å²) in [5.74, 6) is -3.56. The number of hydrogen-bond acceptors (Lipinski definition) is 7. The van der Waals surface area contributed by atoms with Gasteiger partial charge in [-0.2, -0.15) is 0 Å².